The van der Waals surface area contributed by atoms with E-state index in [1.807, 2.05) is 20.8 Å². The maximum absolute atomic E-state index is 12.0. The van der Waals surface area contributed by atoms with Gasteiger partial charge in [0.25, 0.3) is 0 Å². The zero-order valence-electron chi connectivity index (χ0n) is 13.6. The van der Waals surface area contributed by atoms with Gasteiger partial charge in [-0.1, -0.05) is 34.6 Å². The Balaban J connectivity index is 3.98. The van der Waals surface area contributed by atoms with E-state index in [1.54, 1.807) is 0 Å². The van der Waals surface area contributed by atoms with Crippen molar-refractivity contribution < 1.29 is 4.79 Å². The second kappa shape index (κ2) is 8.54. The van der Waals surface area contributed by atoms with E-state index < -0.39 is 6.04 Å². The van der Waals surface area contributed by atoms with Crippen LogP contribution < -0.4 is 11.1 Å². The lowest BCUT2D eigenvalue weighted by molar-refractivity contribution is -0.125. The summed E-state index contributed by atoms with van der Waals surface area (Å²) in [5.74, 6) is -0.0390. The number of carbonyl (C=O) groups excluding carboxylic acids is 1. The van der Waals surface area contributed by atoms with Crippen LogP contribution in [0.4, 0.5) is 0 Å². The molecule has 0 aliphatic rings. The molecule has 0 heterocycles. The summed E-state index contributed by atoms with van der Waals surface area (Å²) >= 11 is 0. The molecular weight excluding hydrogens is 238 g/mol. The molecule has 1 unspecified atom stereocenters. The first-order chi connectivity index (χ1) is 8.72. The number of hydrogen-bond donors (Lipinski definition) is 2. The second-order valence-corrected chi connectivity index (χ2v) is 6.42. The van der Waals surface area contributed by atoms with Crippen LogP contribution in [0.5, 0.6) is 0 Å². The first-order valence-electron chi connectivity index (χ1n) is 7.50. The van der Waals surface area contributed by atoms with Crippen molar-refractivity contribution in [2.45, 2.75) is 66.5 Å². The Morgan fingerprint density at radius 1 is 1.26 bits per heavy atom. The van der Waals surface area contributed by atoms with Gasteiger partial charge in [-0.15, -0.1) is 0 Å². The van der Waals surface area contributed by atoms with Crippen molar-refractivity contribution in [1.82, 2.24) is 10.2 Å². The van der Waals surface area contributed by atoms with Crippen LogP contribution in [0.2, 0.25) is 0 Å². The van der Waals surface area contributed by atoms with Gasteiger partial charge in [-0.3, -0.25) is 4.79 Å². The molecule has 4 heteroatoms. The third-order valence-corrected chi connectivity index (χ3v) is 3.61. The molecule has 19 heavy (non-hydrogen) atoms. The molecule has 2 atom stereocenters. The minimum Gasteiger partial charge on any atom is -0.352 e. The number of hydrogen-bond acceptors (Lipinski definition) is 3. The molecule has 114 valence electrons. The summed E-state index contributed by atoms with van der Waals surface area (Å²) in [7, 11) is 0. The van der Waals surface area contributed by atoms with Crippen molar-refractivity contribution in [3.8, 4) is 0 Å². The number of nitrogens with zero attached hydrogens (tertiary/aromatic N) is 1. The molecule has 0 spiro atoms. The molecule has 1 amide bonds. The molecule has 3 N–H and O–H groups in total. The molecular formula is C15H33N3O. The van der Waals surface area contributed by atoms with Crippen molar-refractivity contribution in [3.05, 3.63) is 0 Å². The monoisotopic (exact) mass is 271 g/mol. The first kappa shape index (κ1) is 18.4. The summed E-state index contributed by atoms with van der Waals surface area (Å²) in [6, 6.07) is -0.255. The Hall–Kier alpha value is -0.610. The number of amides is 1. The molecule has 0 radical (unpaired) electrons. The fraction of sp³-hybridized carbons (Fsp3) is 0.933. The van der Waals surface area contributed by atoms with Crippen LogP contribution in [0.25, 0.3) is 0 Å². The Labute approximate surface area is 119 Å². The highest BCUT2D eigenvalue weighted by Gasteiger charge is 2.27. The second-order valence-electron chi connectivity index (χ2n) is 6.42. The highest BCUT2D eigenvalue weighted by molar-refractivity contribution is 5.82. The van der Waals surface area contributed by atoms with Crippen LogP contribution in [0.15, 0.2) is 0 Å². The molecule has 0 aromatic rings. The average molecular weight is 271 g/mol. The maximum atomic E-state index is 12.0. The molecule has 0 aromatic carbocycles. The van der Waals surface area contributed by atoms with Crippen LogP contribution in [0.1, 0.15) is 54.4 Å². The van der Waals surface area contributed by atoms with Gasteiger partial charge in [0.05, 0.1) is 6.04 Å². The minimum absolute atomic E-state index is 0.0390. The SMILES string of the molecule is CCN(CC)CCCC(C)NC(=O)[C@H](N)C(C)(C)C. The smallest absolute Gasteiger partial charge is 0.237 e. The lowest BCUT2D eigenvalue weighted by Crippen LogP contribution is -2.50. The summed E-state index contributed by atoms with van der Waals surface area (Å²) in [6.45, 7) is 15.6. The van der Waals surface area contributed by atoms with Gasteiger partial charge >= 0.3 is 0 Å². The van der Waals surface area contributed by atoms with Gasteiger partial charge in [0.15, 0.2) is 0 Å². The molecule has 0 rings (SSSR count). The highest BCUT2D eigenvalue weighted by Crippen LogP contribution is 2.17. The average Bonchev–Trinajstić information content (AvgIpc) is 2.32. The number of nitrogens with two attached hydrogens (primary N) is 1. The lowest BCUT2D eigenvalue weighted by Gasteiger charge is -2.27. The van der Waals surface area contributed by atoms with Gasteiger partial charge in [-0.2, -0.15) is 0 Å². The van der Waals surface area contributed by atoms with Crippen molar-refractivity contribution in [2.24, 2.45) is 11.1 Å². The maximum Gasteiger partial charge on any atom is 0.237 e. The quantitative estimate of drug-likeness (QED) is 0.710. The topological polar surface area (TPSA) is 58.4 Å². The van der Waals surface area contributed by atoms with Crippen LogP contribution >= 0.6 is 0 Å². The minimum atomic E-state index is -0.447. The van der Waals surface area contributed by atoms with Crippen LogP contribution in [0, 0.1) is 5.41 Å². The lowest BCUT2D eigenvalue weighted by atomic mass is 9.87. The van der Waals surface area contributed by atoms with Gasteiger partial charge in [-0.05, 0) is 44.8 Å². The van der Waals surface area contributed by atoms with E-state index >= 15 is 0 Å². The first-order valence-corrected chi connectivity index (χ1v) is 7.50. The zero-order valence-corrected chi connectivity index (χ0v) is 13.6. The molecule has 0 aromatic heterocycles. The largest absolute Gasteiger partial charge is 0.352 e. The van der Waals surface area contributed by atoms with Gasteiger partial charge in [0.1, 0.15) is 0 Å². The number of carbonyl (C=O) groups is 1. The predicted molar refractivity (Wildman–Crippen MR) is 82.1 cm³/mol. The normalized spacial score (nSPS) is 15.4. The molecule has 0 aliphatic heterocycles. The van der Waals surface area contributed by atoms with Crippen LogP contribution in [0.3, 0.4) is 0 Å². The summed E-state index contributed by atoms with van der Waals surface area (Å²) in [5, 5.41) is 3.01. The zero-order chi connectivity index (χ0) is 15.1. The summed E-state index contributed by atoms with van der Waals surface area (Å²) in [5.41, 5.74) is 5.75. The van der Waals surface area contributed by atoms with Crippen LogP contribution in [-0.2, 0) is 4.79 Å². The van der Waals surface area contributed by atoms with E-state index in [0.717, 1.165) is 32.5 Å². The van der Waals surface area contributed by atoms with E-state index in [2.05, 4.69) is 31.0 Å². The van der Waals surface area contributed by atoms with Crippen molar-refractivity contribution in [3.63, 3.8) is 0 Å². The summed E-state index contributed by atoms with van der Waals surface area (Å²) in [6.07, 6.45) is 2.10. The van der Waals surface area contributed by atoms with E-state index in [0.29, 0.717) is 0 Å². The fourth-order valence-corrected chi connectivity index (χ4v) is 1.96. The van der Waals surface area contributed by atoms with E-state index in [9.17, 15) is 4.79 Å². The third kappa shape index (κ3) is 7.53. The molecule has 4 nitrogen and oxygen atoms in total. The van der Waals surface area contributed by atoms with Gasteiger partial charge in [0.2, 0.25) is 5.91 Å². The molecule has 0 saturated carbocycles. The van der Waals surface area contributed by atoms with Crippen molar-refractivity contribution in [2.75, 3.05) is 19.6 Å². The molecule has 0 bridgehead atoms. The Morgan fingerprint density at radius 2 is 1.79 bits per heavy atom. The molecule has 0 aliphatic carbocycles. The van der Waals surface area contributed by atoms with Crippen molar-refractivity contribution in [1.29, 1.82) is 0 Å². The molecule has 0 saturated heterocycles. The van der Waals surface area contributed by atoms with Gasteiger partial charge in [-0.25, -0.2) is 0 Å². The Morgan fingerprint density at radius 3 is 2.21 bits per heavy atom. The number of nitrogens with one attached hydrogen (secondary N) is 1. The summed E-state index contributed by atoms with van der Waals surface area (Å²) < 4.78 is 0. The van der Waals surface area contributed by atoms with E-state index in [1.165, 1.54) is 0 Å². The van der Waals surface area contributed by atoms with Gasteiger partial charge in [0, 0.05) is 6.04 Å². The molecule has 0 fully saturated rings. The number of rotatable bonds is 8. The van der Waals surface area contributed by atoms with E-state index in [-0.39, 0.29) is 17.4 Å². The van der Waals surface area contributed by atoms with Crippen LogP contribution in [-0.4, -0.2) is 42.5 Å². The predicted octanol–water partition coefficient (Wildman–Crippen LogP) is 1.99. The summed E-state index contributed by atoms with van der Waals surface area (Å²) in [4.78, 5) is 14.4. The Kier molecular flexibility index (Phi) is 8.26. The fourth-order valence-electron chi connectivity index (χ4n) is 1.96. The Bertz CT molecular complexity index is 257. The van der Waals surface area contributed by atoms with E-state index in [4.69, 9.17) is 5.73 Å². The standard InChI is InChI=1S/C15H33N3O/c1-7-18(8-2)11-9-10-12(3)17-14(19)13(16)15(4,5)6/h12-13H,7-11,16H2,1-6H3,(H,17,19)/t12?,13-/m0/s1. The highest BCUT2D eigenvalue weighted by atomic mass is 16.2. The van der Waals surface area contributed by atoms with Crippen molar-refractivity contribution >= 4 is 5.91 Å². The third-order valence-electron chi connectivity index (χ3n) is 3.61. The van der Waals surface area contributed by atoms with Gasteiger partial charge < -0.3 is 16.0 Å².